The topological polar surface area (TPSA) is 17.1 Å². The summed E-state index contributed by atoms with van der Waals surface area (Å²) in [5.74, 6) is 0.0283. The van der Waals surface area contributed by atoms with Crippen molar-refractivity contribution in [2.45, 2.75) is 18.7 Å². The molecule has 0 N–H and O–H groups in total. The zero-order valence-corrected chi connectivity index (χ0v) is 7.71. The summed E-state index contributed by atoms with van der Waals surface area (Å²) in [4.78, 5) is 10.8. The van der Waals surface area contributed by atoms with Crippen molar-refractivity contribution in [1.29, 1.82) is 0 Å². The minimum Gasteiger partial charge on any atom is -0.298 e. The quantitative estimate of drug-likeness (QED) is 0.657. The minimum absolute atomic E-state index is 0.0283. The molecule has 0 aliphatic carbocycles. The Labute approximate surface area is 77.4 Å². The molecule has 0 bridgehead atoms. The molecule has 0 heterocycles. The van der Waals surface area contributed by atoms with Gasteiger partial charge in [0.2, 0.25) is 0 Å². The lowest BCUT2D eigenvalue weighted by Gasteiger charge is -2.04. The van der Waals surface area contributed by atoms with Crippen LogP contribution in [0.15, 0.2) is 30.3 Å². The van der Waals surface area contributed by atoms with Gasteiger partial charge in [0.15, 0.2) is 0 Å². The highest BCUT2D eigenvalue weighted by Gasteiger charge is 2.09. The summed E-state index contributed by atoms with van der Waals surface area (Å²) in [6, 6.07) is 9.77. The maximum atomic E-state index is 10.8. The van der Waals surface area contributed by atoms with E-state index >= 15 is 0 Å². The maximum Gasteiger partial charge on any atom is 0.147 e. The van der Waals surface area contributed by atoms with Gasteiger partial charge < -0.3 is 0 Å². The molecular formula is C10H11ClO. The van der Waals surface area contributed by atoms with Crippen molar-refractivity contribution in [1.82, 2.24) is 0 Å². The number of rotatable bonds is 3. The van der Waals surface area contributed by atoms with Crippen LogP contribution < -0.4 is 0 Å². The molecular weight excluding hydrogens is 172 g/mol. The van der Waals surface area contributed by atoms with E-state index in [1.165, 1.54) is 6.92 Å². The first-order chi connectivity index (χ1) is 5.70. The van der Waals surface area contributed by atoms with Gasteiger partial charge in [-0.05, 0) is 18.9 Å². The van der Waals surface area contributed by atoms with E-state index in [-0.39, 0.29) is 11.2 Å². The van der Waals surface area contributed by atoms with Crippen LogP contribution in [0, 0.1) is 0 Å². The van der Waals surface area contributed by atoms with E-state index in [9.17, 15) is 4.79 Å². The zero-order valence-electron chi connectivity index (χ0n) is 6.96. The van der Waals surface area contributed by atoms with Crippen LogP contribution in [0.4, 0.5) is 0 Å². The number of Topliss-reactive ketones (excluding diaryl/α,β-unsaturated/α-hetero) is 1. The third-order valence-electron chi connectivity index (χ3n) is 1.70. The molecule has 2 heteroatoms. The van der Waals surface area contributed by atoms with Crippen molar-refractivity contribution < 1.29 is 4.79 Å². The molecule has 1 unspecified atom stereocenters. The van der Waals surface area contributed by atoms with Crippen LogP contribution in [-0.2, 0) is 11.2 Å². The highest BCUT2D eigenvalue weighted by atomic mass is 35.5. The van der Waals surface area contributed by atoms with Crippen molar-refractivity contribution in [3.8, 4) is 0 Å². The molecule has 0 saturated carbocycles. The standard InChI is InChI=1S/C10H11ClO/c1-8(12)10(11)7-9-5-3-2-4-6-9/h2-6,10H,7H2,1H3. The number of hydrogen-bond acceptors (Lipinski definition) is 1. The van der Waals surface area contributed by atoms with Gasteiger partial charge in [-0.25, -0.2) is 0 Å². The lowest BCUT2D eigenvalue weighted by atomic mass is 10.1. The monoisotopic (exact) mass is 182 g/mol. The van der Waals surface area contributed by atoms with Gasteiger partial charge in [0.25, 0.3) is 0 Å². The lowest BCUT2D eigenvalue weighted by molar-refractivity contribution is -0.116. The Balaban J connectivity index is 2.58. The molecule has 0 radical (unpaired) electrons. The molecule has 12 heavy (non-hydrogen) atoms. The normalized spacial score (nSPS) is 12.5. The predicted octanol–water partition coefficient (Wildman–Crippen LogP) is 2.43. The van der Waals surface area contributed by atoms with Crippen LogP contribution >= 0.6 is 11.6 Å². The second-order valence-electron chi connectivity index (χ2n) is 2.77. The number of carbonyl (C=O) groups is 1. The third kappa shape index (κ3) is 2.67. The van der Waals surface area contributed by atoms with Gasteiger partial charge in [-0.2, -0.15) is 0 Å². The van der Waals surface area contributed by atoms with Crippen LogP contribution in [-0.4, -0.2) is 11.2 Å². The van der Waals surface area contributed by atoms with Gasteiger partial charge in [-0.1, -0.05) is 30.3 Å². The van der Waals surface area contributed by atoms with Crippen LogP contribution in [0.25, 0.3) is 0 Å². The van der Waals surface area contributed by atoms with Gasteiger partial charge in [-0.15, -0.1) is 11.6 Å². The average molecular weight is 183 g/mol. The summed E-state index contributed by atoms with van der Waals surface area (Å²) in [6.07, 6.45) is 0.623. The Morgan fingerprint density at radius 1 is 1.42 bits per heavy atom. The number of halogens is 1. The minimum atomic E-state index is -0.382. The largest absolute Gasteiger partial charge is 0.298 e. The van der Waals surface area contributed by atoms with E-state index in [2.05, 4.69) is 0 Å². The van der Waals surface area contributed by atoms with Crippen molar-refractivity contribution in [2.24, 2.45) is 0 Å². The molecule has 64 valence electrons. The summed E-state index contributed by atoms with van der Waals surface area (Å²) in [5, 5.41) is -0.382. The smallest absolute Gasteiger partial charge is 0.147 e. The Bertz CT molecular complexity index is 256. The van der Waals surface area contributed by atoms with E-state index in [1.54, 1.807) is 0 Å². The fourth-order valence-electron chi connectivity index (χ4n) is 0.965. The summed E-state index contributed by atoms with van der Waals surface area (Å²) in [6.45, 7) is 1.51. The number of alkyl halides is 1. The van der Waals surface area contributed by atoms with Gasteiger partial charge in [0.1, 0.15) is 5.78 Å². The van der Waals surface area contributed by atoms with Crippen LogP contribution in [0.5, 0.6) is 0 Å². The third-order valence-corrected chi connectivity index (χ3v) is 2.16. The van der Waals surface area contributed by atoms with E-state index in [4.69, 9.17) is 11.6 Å². The molecule has 1 aromatic rings. The van der Waals surface area contributed by atoms with Crippen LogP contribution in [0.1, 0.15) is 12.5 Å². The van der Waals surface area contributed by atoms with Gasteiger partial charge >= 0.3 is 0 Å². The summed E-state index contributed by atoms with van der Waals surface area (Å²) < 4.78 is 0. The molecule has 1 atom stereocenters. The van der Waals surface area contributed by atoms with E-state index in [1.807, 2.05) is 30.3 Å². The Morgan fingerprint density at radius 3 is 2.50 bits per heavy atom. The van der Waals surface area contributed by atoms with Gasteiger partial charge in [-0.3, -0.25) is 4.79 Å². The zero-order chi connectivity index (χ0) is 8.97. The molecule has 0 aromatic heterocycles. The number of hydrogen-bond donors (Lipinski definition) is 0. The molecule has 0 fully saturated rings. The lowest BCUT2D eigenvalue weighted by Crippen LogP contribution is -2.12. The molecule has 0 aliphatic rings. The number of ketones is 1. The highest BCUT2D eigenvalue weighted by Crippen LogP contribution is 2.08. The summed E-state index contributed by atoms with van der Waals surface area (Å²) in [5.41, 5.74) is 1.10. The molecule has 0 spiro atoms. The first-order valence-corrected chi connectivity index (χ1v) is 4.32. The molecule has 0 amide bonds. The van der Waals surface area contributed by atoms with Gasteiger partial charge in [0, 0.05) is 0 Å². The van der Waals surface area contributed by atoms with Crippen LogP contribution in [0.3, 0.4) is 0 Å². The Kier molecular flexibility index (Phi) is 3.30. The first-order valence-electron chi connectivity index (χ1n) is 3.88. The predicted molar refractivity (Wildman–Crippen MR) is 50.5 cm³/mol. The SMILES string of the molecule is CC(=O)C(Cl)Cc1ccccc1. The van der Waals surface area contributed by atoms with E-state index < -0.39 is 0 Å². The second kappa shape index (κ2) is 4.27. The highest BCUT2D eigenvalue weighted by molar-refractivity contribution is 6.30. The molecule has 1 nitrogen and oxygen atoms in total. The van der Waals surface area contributed by atoms with Crippen molar-refractivity contribution in [3.63, 3.8) is 0 Å². The van der Waals surface area contributed by atoms with Crippen LogP contribution in [0.2, 0.25) is 0 Å². The van der Waals surface area contributed by atoms with Crippen molar-refractivity contribution in [3.05, 3.63) is 35.9 Å². The fraction of sp³-hybridized carbons (Fsp3) is 0.300. The fourth-order valence-corrected chi connectivity index (χ4v) is 1.14. The number of carbonyl (C=O) groups excluding carboxylic acids is 1. The first kappa shape index (κ1) is 9.27. The molecule has 1 aromatic carbocycles. The number of benzene rings is 1. The van der Waals surface area contributed by atoms with E-state index in [0.717, 1.165) is 5.56 Å². The van der Waals surface area contributed by atoms with Crippen molar-refractivity contribution >= 4 is 17.4 Å². The van der Waals surface area contributed by atoms with E-state index in [0.29, 0.717) is 6.42 Å². The average Bonchev–Trinajstić information content (AvgIpc) is 2.06. The Hall–Kier alpha value is -0.820. The Morgan fingerprint density at radius 2 is 2.00 bits per heavy atom. The van der Waals surface area contributed by atoms with Gasteiger partial charge in [0.05, 0.1) is 5.38 Å². The molecule has 0 aliphatic heterocycles. The van der Waals surface area contributed by atoms with Crippen molar-refractivity contribution in [2.75, 3.05) is 0 Å². The second-order valence-corrected chi connectivity index (χ2v) is 3.29. The maximum absolute atomic E-state index is 10.8. The summed E-state index contributed by atoms with van der Waals surface area (Å²) in [7, 11) is 0. The molecule has 0 saturated heterocycles. The summed E-state index contributed by atoms with van der Waals surface area (Å²) >= 11 is 5.80. The molecule has 1 rings (SSSR count).